The average Bonchev–Trinajstić information content (AvgIpc) is 2.97. The van der Waals surface area contributed by atoms with Crippen LogP contribution in [0.15, 0.2) is 46.5 Å². The lowest BCUT2D eigenvalue weighted by Crippen LogP contribution is -2.12. The molecule has 0 aliphatic carbocycles. The molecule has 0 bridgehead atoms. The molecule has 0 spiro atoms. The fraction of sp³-hybridized carbons (Fsp3) is 0.143. The lowest BCUT2D eigenvalue weighted by atomic mass is 10.0. The normalized spacial score (nSPS) is 13.0. The Bertz CT molecular complexity index is 610. The van der Waals surface area contributed by atoms with Crippen molar-refractivity contribution >= 4 is 32.8 Å². The van der Waals surface area contributed by atoms with E-state index in [-0.39, 0.29) is 6.04 Å². The van der Waals surface area contributed by atoms with E-state index in [1.54, 1.807) is 22.7 Å². The second-order valence-corrected chi connectivity index (χ2v) is 5.82. The molecule has 1 unspecified atom stereocenters. The van der Waals surface area contributed by atoms with E-state index in [0.717, 1.165) is 6.42 Å². The highest BCUT2D eigenvalue weighted by molar-refractivity contribution is 7.17. The predicted molar refractivity (Wildman–Crippen MR) is 76.8 cm³/mol. The summed E-state index contributed by atoms with van der Waals surface area (Å²) in [5, 5.41) is 7.71. The van der Waals surface area contributed by atoms with Gasteiger partial charge in [-0.1, -0.05) is 18.2 Å². The Hall–Kier alpha value is -1.16. The maximum Gasteiger partial charge on any atom is 0.0390 e. The van der Waals surface area contributed by atoms with Gasteiger partial charge in [0, 0.05) is 10.7 Å². The van der Waals surface area contributed by atoms with Gasteiger partial charge in [0.15, 0.2) is 0 Å². The second kappa shape index (κ2) is 4.61. The van der Waals surface area contributed by atoms with E-state index in [1.165, 1.54) is 21.2 Å². The first-order chi connectivity index (χ1) is 8.34. The molecule has 2 heterocycles. The topological polar surface area (TPSA) is 26.0 Å². The van der Waals surface area contributed by atoms with Gasteiger partial charge in [-0.3, -0.25) is 0 Å². The van der Waals surface area contributed by atoms with Crippen molar-refractivity contribution in [3.63, 3.8) is 0 Å². The lowest BCUT2D eigenvalue weighted by molar-refractivity contribution is 0.731. The molecule has 17 heavy (non-hydrogen) atoms. The number of benzene rings is 1. The summed E-state index contributed by atoms with van der Waals surface area (Å²) in [4.78, 5) is 0. The smallest absolute Gasteiger partial charge is 0.0390 e. The molecule has 3 heteroatoms. The SMILES string of the molecule is NC(Cc1ccsc1)c1cccc2ccsc12. The van der Waals surface area contributed by atoms with Crippen LogP contribution in [-0.4, -0.2) is 0 Å². The van der Waals surface area contributed by atoms with Crippen LogP contribution in [0.1, 0.15) is 17.2 Å². The zero-order valence-corrected chi connectivity index (χ0v) is 10.9. The second-order valence-electron chi connectivity index (χ2n) is 4.13. The van der Waals surface area contributed by atoms with Gasteiger partial charge < -0.3 is 5.73 Å². The van der Waals surface area contributed by atoms with Gasteiger partial charge in [-0.2, -0.15) is 11.3 Å². The first kappa shape index (κ1) is 11.0. The van der Waals surface area contributed by atoms with Crippen LogP contribution < -0.4 is 5.73 Å². The van der Waals surface area contributed by atoms with Crippen LogP contribution in [0.5, 0.6) is 0 Å². The van der Waals surface area contributed by atoms with Gasteiger partial charge in [0.25, 0.3) is 0 Å². The maximum absolute atomic E-state index is 6.32. The van der Waals surface area contributed by atoms with Crippen LogP contribution in [-0.2, 0) is 6.42 Å². The minimum atomic E-state index is 0.0898. The Morgan fingerprint density at radius 2 is 2.06 bits per heavy atom. The highest BCUT2D eigenvalue weighted by Gasteiger charge is 2.11. The number of fused-ring (bicyclic) bond motifs is 1. The molecule has 0 saturated carbocycles. The first-order valence-electron chi connectivity index (χ1n) is 5.57. The Morgan fingerprint density at radius 1 is 1.12 bits per heavy atom. The molecule has 1 atom stereocenters. The van der Waals surface area contributed by atoms with Gasteiger partial charge in [-0.25, -0.2) is 0 Å². The summed E-state index contributed by atoms with van der Waals surface area (Å²) in [5.74, 6) is 0. The average molecular weight is 259 g/mol. The van der Waals surface area contributed by atoms with E-state index in [4.69, 9.17) is 5.73 Å². The summed E-state index contributed by atoms with van der Waals surface area (Å²) in [6.45, 7) is 0. The van der Waals surface area contributed by atoms with Crippen LogP contribution in [0, 0.1) is 0 Å². The standard InChI is InChI=1S/C14H13NS2/c15-13(8-10-4-6-16-9-10)12-3-1-2-11-5-7-17-14(11)12/h1-7,9,13H,8,15H2. The molecule has 0 aliphatic rings. The molecule has 0 fully saturated rings. The third kappa shape index (κ3) is 2.14. The van der Waals surface area contributed by atoms with Crippen LogP contribution in [0.3, 0.4) is 0 Å². The van der Waals surface area contributed by atoms with Gasteiger partial charge >= 0.3 is 0 Å². The maximum atomic E-state index is 6.32. The Balaban J connectivity index is 1.95. The van der Waals surface area contributed by atoms with Crippen molar-refractivity contribution in [1.29, 1.82) is 0 Å². The van der Waals surface area contributed by atoms with Crippen molar-refractivity contribution in [3.8, 4) is 0 Å². The summed E-state index contributed by atoms with van der Waals surface area (Å²) < 4.78 is 1.33. The fourth-order valence-corrected chi connectivity index (χ4v) is 3.74. The monoisotopic (exact) mass is 259 g/mol. The fourth-order valence-electron chi connectivity index (χ4n) is 2.08. The molecule has 1 nitrogen and oxygen atoms in total. The number of hydrogen-bond donors (Lipinski definition) is 1. The van der Waals surface area contributed by atoms with Crippen molar-refractivity contribution in [2.45, 2.75) is 12.5 Å². The van der Waals surface area contributed by atoms with Gasteiger partial charge in [0.05, 0.1) is 0 Å². The van der Waals surface area contributed by atoms with Crippen LogP contribution >= 0.6 is 22.7 Å². The first-order valence-corrected chi connectivity index (χ1v) is 7.39. The molecule has 0 aliphatic heterocycles. The molecule has 0 radical (unpaired) electrons. The van der Waals surface area contributed by atoms with Gasteiger partial charge in [-0.15, -0.1) is 11.3 Å². The quantitative estimate of drug-likeness (QED) is 0.749. The number of hydrogen-bond acceptors (Lipinski definition) is 3. The summed E-state index contributed by atoms with van der Waals surface area (Å²) in [6.07, 6.45) is 0.917. The van der Waals surface area contributed by atoms with E-state index < -0.39 is 0 Å². The summed E-state index contributed by atoms with van der Waals surface area (Å²) in [7, 11) is 0. The van der Waals surface area contributed by atoms with E-state index in [1.807, 2.05) is 0 Å². The molecule has 86 valence electrons. The largest absolute Gasteiger partial charge is 0.324 e. The highest BCUT2D eigenvalue weighted by atomic mass is 32.1. The Morgan fingerprint density at radius 3 is 2.88 bits per heavy atom. The van der Waals surface area contributed by atoms with Gasteiger partial charge in [-0.05, 0) is 51.2 Å². The highest BCUT2D eigenvalue weighted by Crippen LogP contribution is 2.29. The number of rotatable bonds is 3. The summed E-state index contributed by atoms with van der Waals surface area (Å²) >= 11 is 3.51. The van der Waals surface area contributed by atoms with Crippen LogP contribution in [0.4, 0.5) is 0 Å². The van der Waals surface area contributed by atoms with Crippen molar-refractivity contribution < 1.29 is 0 Å². The van der Waals surface area contributed by atoms with Crippen molar-refractivity contribution in [2.75, 3.05) is 0 Å². The minimum Gasteiger partial charge on any atom is -0.324 e. The van der Waals surface area contributed by atoms with E-state index in [0.29, 0.717) is 0 Å². The molecule has 2 aromatic heterocycles. The zero-order chi connectivity index (χ0) is 11.7. The van der Waals surface area contributed by atoms with Crippen molar-refractivity contribution in [3.05, 3.63) is 57.6 Å². The molecule has 2 N–H and O–H groups in total. The minimum absolute atomic E-state index is 0.0898. The number of thiophene rings is 2. The predicted octanol–water partition coefficient (Wildman–Crippen LogP) is 4.21. The third-order valence-corrected chi connectivity index (χ3v) is 4.66. The molecule has 3 rings (SSSR count). The summed E-state index contributed by atoms with van der Waals surface area (Å²) in [6, 6.07) is 10.8. The number of nitrogens with two attached hydrogens (primary N) is 1. The zero-order valence-electron chi connectivity index (χ0n) is 9.30. The van der Waals surface area contributed by atoms with Gasteiger partial charge in [0.2, 0.25) is 0 Å². The van der Waals surface area contributed by atoms with Crippen molar-refractivity contribution in [1.82, 2.24) is 0 Å². The molecular formula is C14H13NS2. The molecule has 0 saturated heterocycles. The van der Waals surface area contributed by atoms with E-state index in [9.17, 15) is 0 Å². The molecule has 1 aromatic carbocycles. The van der Waals surface area contributed by atoms with Crippen molar-refractivity contribution in [2.24, 2.45) is 5.73 Å². The molecular weight excluding hydrogens is 246 g/mol. The van der Waals surface area contributed by atoms with Crippen LogP contribution in [0.25, 0.3) is 10.1 Å². The Kier molecular flexibility index (Phi) is 2.97. The molecule has 0 amide bonds. The molecule has 3 aromatic rings. The van der Waals surface area contributed by atoms with Gasteiger partial charge in [0.1, 0.15) is 0 Å². The Labute approximate surface area is 109 Å². The van der Waals surface area contributed by atoms with E-state index >= 15 is 0 Å². The third-order valence-electron chi connectivity index (χ3n) is 2.94. The van der Waals surface area contributed by atoms with E-state index in [2.05, 4.69) is 46.5 Å². The summed E-state index contributed by atoms with van der Waals surface area (Å²) in [5.41, 5.74) is 8.92. The lowest BCUT2D eigenvalue weighted by Gasteiger charge is -2.12. The van der Waals surface area contributed by atoms with Crippen LogP contribution in [0.2, 0.25) is 0 Å².